The minimum Gasteiger partial charge on any atom is -0.322 e. The fourth-order valence-electron chi connectivity index (χ4n) is 3.26. The Labute approximate surface area is 151 Å². The van der Waals surface area contributed by atoms with Gasteiger partial charge < -0.3 is 5.32 Å². The second-order valence-electron chi connectivity index (χ2n) is 6.77. The molecule has 2 aromatic rings. The average molecular weight is 370 g/mol. The molecule has 1 aliphatic heterocycles. The molecule has 4 rings (SSSR count). The number of nitrogens with one attached hydrogen (secondary N) is 1. The lowest BCUT2D eigenvalue weighted by molar-refractivity contribution is 0.0864. The van der Waals surface area contributed by atoms with Crippen molar-refractivity contribution in [2.75, 3.05) is 5.32 Å². The number of benzene rings is 2. The highest BCUT2D eigenvalue weighted by Crippen LogP contribution is 2.39. The zero-order valence-electron chi connectivity index (χ0n) is 14.4. The van der Waals surface area contributed by atoms with Crippen LogP contribution >= 0.6 is 0 Å². The van der Waals surface area contributed by atoms with E-state index in [1.165, 1.54) is 18.2 Å². The molecule has 2 aliphatic rings. The number of para-hydroxylation sites is 1. The lowest BCUT2D eigenvalue weighted by Gasteiger charge is -2.13. The van der Waals surface area contributed by atoms with Gasteiger partial charge in [0.1, 0.15) is 4.90 Å². The fourth-order valence-corrected chi connectivity index (χ4v) is 5.10. The van der Waals surface area contributed by atoms with Crippen molar-refractivity contribution >= 4 is 27.5 Å². The summed E-state index contributed by atoms with van der Waals surface area (Å²) in [6, 6.07) is 9.66. The first-order chi connectivity index (χ1) is 12.3. The van der Waals surface area contributed by atoms with Crippen LogP contribution in [0.5, 0.6) is 0 Å². The maximum atomic E-state index is 12.7. The molecule has 6 nitrogen and oxygen atoms in total. The van der Waals surface area contributed by atoms with Gasteiger partial charge in [0, 0.05) is 17.3 Å². The van der Waals surface area contributed by atoms with Gasteiger partial charge in [-0.25, -0.2) is 12.7 Å². The van der Waals surface area contributed by atoms with Gasteiger partial charge in [-0.15, -0.1) is 0 Å². The minimum absolute atomic E-state index is 0.0800. The van der Waals surface area contributed by atoms with Gasteiger partial charge in [0.25, 0.3) is 21.8 Å². The van der Waals surface area contributed by atoms with E-state index in [1.807, 2.05) is 32.0 Å². The summed E-state index contributed by atoms with van der Waals surface area (Å²) in [7, 11) is -3.87. The van der Waals surface area contributed by atoms with Crippen molar-refractivity contribution in [3.8, 4) is 0 Å². The third-order valence-electron chi connectivity index (χ3n) is 4.81. The zero-order valence-corrected chi connectivity index (χ0v) is 15.3. The Kier molecular flexibility index (Phi) is 3.66. The molecule has 0 unspecified atom stereocenters. The van der Waals surface area contributed by atoms with Crippen LogP contribution in [0.2, 0.25) is 0 Å². The Hall–Kier alpha value is -2.67. The Morgan fingerprint density at radius 1 is 1.12 bits per heavy atom. The molecule has 0 aromatic heterocycles. The zero-order chi connectivity index (χ0) is 18.6. The number of carbonyl (C=O) groups is 2. The third-order valence-corrected chi connectivity index (χ3v) is 6.68. The third kappa shape index (κ3) is 2.50. The lowest BCUT2D eigenvalue weighted by Crippen LogP contribution is -2.31. The van der Waals surface area contributed by atoms with E-state index in [4.69, 9.17) is 0 Å². The van der Waals surface area contributed by atoms with Crippen LogP contribution in [-0.4, -0.2) is 30.6 Å². The van der Waals surface area contributed by atoms with E-state index in [9.17, 15) is 18.0 Å². The predicted molar refractivity (Wildman–Crippen MR) is 96.7 cm³/mol. The largest absolute Gasteiger partial charge is 0.322 e. The molecule has 1 saturated carbocycles. The second-order valence-corrected chi connectivity index (χ2v) is 8.55. The molecule has 0 saturated heterocycles. The van der Waals surface area contributed by atoms with Crippen LogP contribution in [0.4, 0.5) is 5.69 Å². The number of hydrogen-bond donors (Lipinski definition) is 1. The summed E-state index contributed by atoms with van der Waals surface area (Å²) in [5.41, 5.74) is 2.89. The SMILES string of the molecule is Cc1cccc(C)c1NC(=O)c1ccc2c(c1)S(=O)(=O)N(C1CC1)C2=O. The van der Waals surface area contributed by atoms with Crippen molar-refractivity contribution in [1.82, 2.24) is 4.31 Å². The summed E-state index contributed by atoms with van der Waals surface area (Å²) >= 11 is 0. The maximum absolute atomic E-state index is 12.7. The maximum Gasteiger partial charge on any atom is 0.269 e. The van der Waals surface area contributed by atoms with E-state index in [1.54, 1.807) is 0 Å². The summed E-state index contributed by atoms with van der Waals surface area (Å²) in [5, 5.41) is 2.84. The highest BCUT2D eigenvalue weighted by Gasteiger charge is 2.48. The van der Waals surface area contributed by atoms with Gasteiger partial charge >= 0.3 is 0 Å². The molecular formula is C19H18N2O4S. The monoisotopic (exact) mass is 370 g/mol. The second kappa shape index (κ2) is 5.67. The van der Waals surface area contributed by atoms with E-state index in [0.29, 0.717) is 18.5 Å². The number of rotatable bonds is 3. The van der Waals surface area contributed by atoms with E-state index in [-0.39, 0.29) is 22.1 Å². The number of carbonyl (C=O) groups excluding carboxylic acids is 2. The average Bonchev–Trinajstić information content (AvgIpc) is 3.39. The van der Waals surface area contributed by atoms with Crippen molar-refractivity contribution in [1.29, 1.82) is 0 Å². The first kappa shape index (κ1) is 16.8. The van der Waals surface area contributed by atoms with Crippen molar-refractivity contribution in [3.63, 3.8) is 0 Å². The van der Waals surface area contributed by atoms with Gasteiger partial charge in [0.2, 0.25) is 0 Å². The predicted octanol–water partition coefficient (Wildman–Crippen LogP) is 2.86. The van der Waals surface area contributed by atoms with Crippen molar-refractivity contribution in [2.45, 2.75) is 37.6 Å². The van der Waals surface area contributed by atoms with E-state index < -0.39 is 21.8 Å². The van der Waals surface area contributed by atoms with Gasteiger partial charge in [0.15, 0.2) is 0 Å². The van der Waals surface area contributed by atoms with Crippen LogP contribution in [0.25, 0.3) is 0 Å². The molecule has 0 atom stereocenters. The molecule has 1 heterocycles. The highest BCUT2D eigenvalue weighted by molar-refractivity contribution is 7.90. The molecule has 2 amide bonds. The minimum atomic E-state index is -3.87. The molecule has 134 valence electrons. The molecule has 1 N–H and O–H groups in total. The van der Waals surface area contributed by atoms with Crippen molar-refractivity contribution in [3.05, 3.63) is 58.7 Å². The summed E-state index contributed by atoms with van der Waals surface area (Å²) < 4.78 is 26.3. The lowest BCUT2D eigenvalue weighted by atomic mass is 10.1. The Bertz CT molecular complexity index is 1030. The number of fused-ring (bicyclic) bond motifs is 1. The molecule has 1 aliphatic carbocycles. The number of amides is 2. The van der Waals surface area contributed by atoms with E-state index >= 15 is 0 Å². The van der Waals surface area contributed by atoms with Gasteiger partial charge in [-0.2, -0.15) is 0 Å². The van der Waals surface area contributed by atoms with Gasteiger partial charge in [-0.3, -0.25) is 9.59 Å². The Morgan fingerprint density at radius 3 is 2.38 bits per heavy atom. The molecular weight excluding hydrogens is 352 g/mol. The molecule has 2 aromatic carbocycles. The van der Waals surface area contributed by atoms with Gasteiger partial charge in [-0.05, 0) is 56.0 Å². The topological polar surface area (TPSA) is 83.6 Å². The van der Waals surface area contributed by atoms with Crippen LogP contribution in [-0.2, 0) is 10.0 Å². The molecule has 26 heavy (non-hydrogen) atoms. The smallest absolute Gasteiger partial charge is 0.269 e. The first-order valence-electron chi connectivity index (χ1n) is 8.41. The fraction of sp³-hybridized carbons (Fsp3) is 0.263. The standard InChI is InChI=1S/C19H18N2O4S/c1-11-4-3-5-12(2)17(11)20-18(22)13-6-9-15-16(10-13)26(24,25)21(19(15)23)14-7-8-14/h3-6,9-10,14H,7-8H2,1-2H3,(H,20,22). The van der Waals surface area contributed by atoms with Gasteiger partial charge in [0.05, 0.1) is 5.56 Å². The molecule has 1 fully saturated rings. The van der Waals surface area contributed by atoms with E-state index in [2.05, 4.69) is 5.32 Å². The molecule has 7 heteroatoms. The molecule has 0 spiro atoms. The van der Waals surface area contributed by atoms with Crippen LogP contribution in [0.1, 0.15) is 44.7 Å². The summed E-state index contributed by atoms with van der Waals surface area (Å²) in [6.07, 6.45) is 1.39. The van der Waals surface area contributed by atoms with Crippen molar-refractivity contribution in [2.24, 2.45) is 0 Å². The summed E-state index contributed by atoms with van der Waals surface area (Å²) in [6.45, 7) is 3.78. The van der Waals surface area contributed by atoms with Crippen LogP contribution in [0.3, 0.4) is 0 Å². The number of anilines is 1. The highest BCUT2D eigenvalue weighted by atomic mass is 32.2. The summed E-state index contributed by atoms with van der Waals surface area (Å²) in [4.78, 5) is 25.0. The summed E-state index contributed by atoms with van der Waals surface area (Å²) in [5.74, 6) is -0.901. The van der Waals surface area contributed by atoms with Crippen LogP contribution < -0.4 is 5.32 Å². The number of sulfonamides is 1. The Morgan fingerprint density at radius 2 is 1.77 bits per heavy atom. The number of nitrogens with zero attached hydrogens (tertiary/aromatic N) is 1. The van der Waals surface area contributed by atoms with Crippen LogP contribution in [0.15, 0.2) is 41.3 Å². The van der Waals surface area contributed by atoms with Crippen molar-refractivity contribution < 1.29 is 18.0 Å². The van der Waals surface area contributed by atoms with Gasteiger partial charge in [-0.1, -0.05) is 18.2 Å². The molecule has 0 radical (unpaired) electrons. The normalized spacial score (nSPS) is 17.9. The quantitative estimate of drug-likeness (QED) is 0.900. The number of aryl methyl sites for hydroxylation is 2. The Balaban J connectivity index is 1.70. The molecule has 0 bridgehead atoms. The first-order valence-corrected chi connectivity index (χ1v) is 9.85. The van der Waals surface area contributed by atoms with E-state index in [0.717, 1.165) is 15.4 Å². The van der Waals surface area contributed by atoms with Crippen LogP contribution in [0, 0.1) is 13.8 Å². The number of hydrogen-bond acceptors (Lipinski definition) is 4.